The summed E-state index contributed by atoms with van der Waals surface area (Å²) in [5, 5.41) is 0. The van der Waals surface area contributed by atoms with Crippen molar-refractivity contribution in [1.82, 2.24) is 4.57 Å². The first-order chi connectivity index (χ1) is 6.15. The highest BCUT2D eigenvalue weighted by Gasteiger charge is 2.00. The smallest absolute Gasteiger partial charge is 0.253 e. The molecule has 4 heteroatoms. The number of halogens is 1. The van der Waals surface area contributed by atoms with Gasteiger partial charge in [-0.1, -0.05) is 0 Å². The molecule has 0 amide bonds. The lowest BCUT2D eigenvalue weighted by Gasteiger charge is -2.05. The summed E-state index contributed by atoms with van der Waals surface area (Å²) in [6, 6.07) is 1.92. The van der Waals surface area contributed by atoms with Crippen LogP contribution in [0.5, 0.6) is 0 Å². The molecule has 0 spiro atoms. The number of aryl methyl sites for hydroxylation is 2. The lowest BCUT2D eigenvalue weighted by atomic mass is 10.3. The quantitative estimate of drug-likeness (QED) is 0.798. The van der Waals surface area contributed by atoms with Gasteiger partial charge in [0.1, 0.15) is 0 Å². The third-order valence-corrected chi connectivity index (χ3v) is 2.95. The van der Waals surface area contributed by atoms with Gasteiger partial charge in [-0.25, -0.2) is 0 Å². The minimum atomic E-state index is 0.134. The van der Waals surface area contributed by atoms with Crippen LogP contribution >= 0.6 is 34.4 Å². The maximum Gasteiger partial charge on any atom is 0.253 e. The van der Waals surface area contributed by atoms with Gasteiger partial charge in [0.2, 0.25) is 0 Å². The Morgan fingerprint density at radius 2 is 2.31 bits per heavy atom. The predicted molar refractivity (Wildman–Crippen MR) is 66.5 cm³/mol. The summed E-state index contributed by atoms with van der Waals surface area (Å²) in [5.41, 5.74) is 0.961. The first-order valence-electron chi connectivity index (χ1n) is 4.00. The van der Waals surface area contributed by atoms with E-state index in [1.165, 1.54) is 0 Å². The predicted octanol–water partition coefficient (Wildman–Crippen LogP) is 2.12. The summed E-state index contributed by atoms with van der Waals surface area (Å²) in [4.78, 5) is 11.6. The topological polar surface area (TPSA) is 22.0 Å². The Morgan fingerprint density at radius 1 is 1.62 bits per heavy atom. The first kappa shape index (κ1) is 11.1. The Morgan fingerprint density at radius 3 is 2.92 bits per heavy atom. The molecule has 0 fully saturated rings. The highest BCUT2D eigenvalue weighted by molar-refractivity contribution is 14.1. The summed E-state index contributed by atoms with van der Waals surface area (Å²) in [6.07, 6.45) is 3.96. The van der Waals surface area contributed by atoms with Crippen LogP contribution in [0.4, 0.5) is 0 Å². The molecular formula is C9H12INOS. The average Bonchev–Trinajstić information content (AvgIpc) is 2.09. The number of pyridine rings is 1. The van der Waals surface area contributed by atoms with Crippen LogP contribution in [0.15, 0.2) is 17.1 Å². The van der Waals surface area contributed by atoms with Crippen LogP contribution < -0.4 is 5.56 Å². The molecule has 0 radical (unpaired) electrons. The van der Waals surface area contributed by atoms with Crippen molar-refractivity contribution >= 4 is 34.4 Å². The average molecular weight is 309 g/mol. The lowest BCUT2D eigenvalue weighted by molar-refractivity contribution is 0.726. The van der Waals surface area contributed by atoms with Crippen LogP contribution in [0.1, 0.15) is 5.56 Å². The van der Waals surface area contributed by atoms with E-state index in [0.717, 1.165) is 21.4 Å². The second-order valence-corrected chi connectivity index (χ2v) is 5.06. The van der Waals surface area contributed by atoms with E-state index in [9.17, 15) is 4.79 Å². The van der Waals surface area contributed by atoms with Gasteiger partial charge >= 0.3 is 0 Å². The highest BCUT2D eigenvalue weighted by atomic mass is 127. The van der Waals surface area contributed by atoms with E-state index >= 15 is 0 Å². The van der Waals surface area contributed by atoms with E-state index in [-0.39, 0.29) is 5.56 Å². The van der Waals surface area contributed by atoms with Crippen LogP contribution in [0.25, 0.3) is 0 Å². The molecule has 0 aliphatic rings. The number of nitrogens with zero attached hydrogens (tertiary/aromatic N) is 1. The summed E-state index contributed by atoms with van der Waals surface area (Å²) < 4.78 is 2.91. The van der Waals surface area contributed by atoms with Crippen LogP contribution in [0, 0.1) is 10.5 Å². The van der Waals surface area contributed by atoms with Crippen LogP contribution in [-0.4, -0.2) is 16.6 Å². The maximum atomic E-state index is 11.6. The van der Waals surface area contributed by atoms with Gasteiger partial charge in [-0.2, -0.15) is 11.8 Å². The van der Waals surface area contributed by atoms with Crippen molar-refractivity contribution in [3.8, 4) is 0 Å². The number of aromatic nitrogens is 1. The van der Waals surface area contributed by atoms with Crippen LogP contribution in [-0.2, 0) is 6.54 Å². The van der Waals surface area contributed by atoms with Crippen molar-refractivity contribution in [3.63, 3.8) is 0 Å². The maximum absolute atomic E-state index is 11.6. The zero-order chi connectivity index (χ0) is 9.84. The van der Waals surface area contributed by atoms with Crippen molar-refractivity contribution in [2.75, 3.05) is 12.0 Å². The molecule has 1 aromatic heterocycles. The van der Waals surface area contributed by atoms with Crippen molar-refractivity contribution in [3.05, 3.63) is 31.8 Å². The number of thioether (sulfide) groups is 1. The molecule has 13 heavy (non-hydrogen) atoms. The van der Waals surface area contributed by atoms with Crippen molar-refractivity contribution in [1.29, 1.82) is 0 Å². The summed E-state index contributed by atoms with van der Waals surface area (Å²) in [5.74, 6) is 0.986. The normalized spacial score (nSPS) is 10.4. The van der Waals surface area contributed by atoms with Gasteiger partial charge in [0.25, 0.3) is 5.56 Å². The Balaban J connectivity index is 2.99. The van der Waals surface area contributed by atoms with Gasteiger partial charge in [0.05, 0.1) is 0 Å². The van der Waals surface area contributed by atoms with Crippen molar-refractivity contribution in [2.24, 2.45) is 0 Å². The van der Waals surface area contributed by atoms with Gasteiger partial charge in [-0.05, 0) is 41.8 Å². The molecule has 0 bridgehead atoms. The molecule has 1 rings (SSSR count). The lowest BCUT2D eigenvalue weighted by Crippen LogP contribution is -2.22. The number of rotatable bonds is 3. The minimum absolute atomic E-state index is 0.134. The molecule has 0 saturated carbocycles. The summed E-state index contributed by atoms with van der Waals surface area (Å²) in [7, 11) is 0. The third-order valence-electron chi connectivity index (χ3n) is 1.77. The molecule has 0 aliphatic heterocycles. The van der Waals surface area contributed by atoms with E-state index < -0.39 is 0 Å². The molecule has 72 valence electrons. The molecule has 0 saturated heterocycles. The van der Waals surface area contributed by atoms with Crippen LogP contribution in [0.3, 0.4) is 0 Å². The Labute approximate surface area is 95.9 Å². The van der Waals surface area contributed by atoms with E-state index in [1.807, 2.05) is 25.4 Å². The van der Waals surface area contributed by atoms with Crippen LogP contribution in [0.2, 0.25) is 0 Å². The number of hydrogen-bond acceptors (Lipinski definition) is 2. The standard InChI is InChI=1S/C9H12INOS/c1-7-5-8(10)6-11(9(7)12)3-4-13-2/h5-6H,3-4H2,1-2H3. The fraction of sp³-hybridized carbons (Fsp3) is 0.444. The Bertz CT molecular complexity index is 348. The Kier molecular flexibility index (Phi) is 4.31. The highest BCUT2D eigenvalue weighted by Crippen LogP contribution is 2.04. The van der Waals surface area contributed by atoms with Gasteiger partial charge in [0.15, 0.2) is 0 Å². The van der Waals surface area contributed by atoms with Crippen molar-refractivity contribution < 1.29 is 0 Å². The summed E-state index contributed by atoms with van der Waals surface area (Å²) >= 11 is 3.99. The van der Waals surface area contributed by atoms with Crippen molar-refractivity contribution in [2.45, 2.75) is 13.5 Å². The SMILES string of the molecule is CSCCn1cc(I)cc(C)c1=O. The van der Waals surface area contributed by atoms with Gasteiger partial charge < -0.3 is 4.57 Å². The minimum Gasteiger partial charge on any atom is -0.313 e. The van der Waals surface area contributed by atoms with E-state index in [2.05, 4.69) is 22.6 Å². The molecule has 0 aliphatic carbocycles. The molecule has 2 nitrogen and oxygen atoms in total. The molecule has 0 atom stereocenters. The molecule has 0 N–H and O–H groups in total. The van der Waals surface area contributed by atoms with Gasteiger partial charge in [0, 0.05) is 27.6 Å². The fourth-order valence-corrected chi connectivity index (χ4v) is 2.28. The van der Waals surface area contributed by atoms with E-state index in [0.29, 0.717) is 0 Å². The Hall–Kier alpha value is 0.0300. The summed E-state index contributed by atoms with van der Waals surface area (Å²) in [6.45, 7) is 2.66. The van der Waals surface area contributed by atoms with Gasteiger partial charge in [-0.3, -0.25) is 4.79 Å². The second-order valence-electron chi connectivity index (χ2n) is 2.83. The largest absolute Gasteiger partial charge is 0.313 e. The number of hydrogen-bond donors (Lipinski definition) is 0. The zero-order valence-electron chi connectivity index (χ0n) is 7.71. The third kappa shape index (κ3) is 3.02. The first-order valence-corrected chi connectivity index (χ1v) is 6.48. The molecular weight excluding hydrogens is 297 g/mol. The fourth-order valence-electron chi connectivity index (χ4n) is 1.10. The molecule has 0 aromatic carbocycles. The van der Waals surface area contributed by atoms with E-state index in [1.54, 1.807) is 16.3 Å². The molecule has 1 heterocycles. The van der Waals surface area contributed by atoms with E-state index in [4.69, 9.17) is 0 Å². The second kappa shape index (κ2) is 5.05. The molecule has 1 aromatic rings. The zero-order valence-corrected chi connectivity index (χ0v) is 10.7. The monoisotopic (exact) mass is 309 g/mol. The molecule has 0 unspecified atom stereocenters. The van der Waals surface area contributed by atoms with Gasteiger partial charge in [-0.15, -0.1) is 0 Å².